The van der Waals surface area contributed by atoms with Gasteiger partial charge in [0, 0.05) is 10.0 Å². The second-order valence-electron chi connectivity index (χ2n) is 4.57. The maximum atomic E-state index is 13.2. The summed E-state index contributed by atoms with van der Waals surface area (Å²) in [7, 11) is 0. The zero-order valence-electron chi connectivity index (χ0n) is 9.07. The molecule has 0 spiro atoms. The number of halogens is 2. The van der Waals surface area contributed by atoms with Crippen LogP contribution in [0.1, 0.15) is 45.0 Å². The van der Waals surface area contributed by atoms with Gasteiger partial charge in [-0.2, -0.15) is 0 Å². The Labute approximate surface area is 93.7 Å². The lowest BCUT2D eigenvalue weighted by molar-refractivity contribution is 0.372. The Morgan fingerprint density at radius 2 is 1.86 bits per heavy atom. The summed E-state index contributed by atoms with van der Waals surface area (Å²) in [6, 6.07) is 5.77. The van der Waals surface area contributed by atoms with Crippen LogP contribution in [0.4, 0.5) is 4.39 Å². The molecule has 1 aromatic rings. The van der Waals surface area contributed by atoms with Crippen LogP contribution in [0.3, 0.4) is 0 Å². The van der Waals surface area contributed by atoms with Crippen LogP contribution in [0.25, 0.3) is 0 Å². The summed E-state index contributed by atoms with van der Waals surface area (Å²) in [5.41, 5.74) is 1.93. The molecule has 0 saturated heterocycles. The third kappa shape index (κ3) is 2.35. The summed E-state index contributed by atoms with van der Waals surface area (Å²) in [4.78, 5) is 0. The Morgan fingerprint density at radius 1 is 1.29 bits per heavy atom. The molecule has 1 atom stereocenters. The van der Waals surface area contributed by atoms with Crippen molar-refractivity contribution < 1.29 is 4.39 Å². The summed E-state index contributed by atoms with van der Waals surface area (Å²) in [5, 5.41) is 0. The van der Waals surface area contributed by atoms with Gasteiger partial charge in [-0.1, -0.05) is 54.9 Å². The van der Waals surface area contributed by atoms with E-state index in [2.05, 4.69) is 36.7 Å². The minimum absolute atomic E-state index is 0.0454. The average molecular weight is 259 g/mol. The van der Waals surface area contributed by atoms with Crippen molar-refractivity contribution in [3.8, 4) is 0 Å². The van der Waals surface area contributed by atoms with Gasteiger partial charge in [-0.3, -0.25) is 0 Å². The van der Waals surface area contributed by atoms with E-state index in [-0.39, 0.29) is 5.41 Å². The van der Waals surface area contributed by atoms with Gasteiger partial charge < -0.3 is 0 Å². The van der Waals surface area contributed by atoms with Crippen LogP contribution < -0.4 is 0 Å². The summed E-state index contributed by atoms with van der Waals surface area (Å²) in [6.07, 6.45) is -0.924. The van der Waals surface area contributed by atoms with Gasteiger partial charge in [0.1, 0.15) is 6.17 Å². The van der Waals surface area contributed by atoms with Crippen molar-refractivity contribution in [3.63, 3.8) is 0 Å². The van der Waals surface area contributed by atoms with Crippen LogP contribution >= 0.6 is 15.9 Å². The van der Waals surface area contributed by atoms with Crippen molar-refractivity contribution in [2.24, 2.45) is 0 Å². The van der Waals surface area contributed by atoms with Crippen LogP contribution in [-0.4, -0.2) is 0 Å². The first kappa shape index (κ1) is 11.7. The van der Waals surface area contributed by atoms with Gasteiger partial charge >= 0.3 is 0 Å². The molecule has 0 fully saturated rings. The molecule has 0 aromatic heterocycles. The average Bonchev–Trinajstić information content (AvgIpc) is 2.01. The SMILES string of the molecule is CC(F)c1cccc(C(C)(C)C)c1Br. The molecule has 78 valence electrons. The predicted octanol–water partition coefficient (Wildman–Crippen LogP) is 4.78. The van der Waals surface area contributed by atoms with E-state index >= 15 is 0 Å². The second-order valence-corrected chi connectivity index (χ2v) is 5.37. The summed E-state index contributed by atoms with van der Waals surface area (Å²) >= 11 is 3.48. The fourth-order valence-corrected chi connectivity index (χ4v) is 2.61. The molecule has 0 aliphatic rings. The molecule has 0 saturated carbocycles. The first-order chi connectivity index (χ1) is 6.34. The van der Waals surface area contributed by atoms with Crippen molar-refractivity contribution in [3.05, 3.63) is 33.8 Å². The van der Waals surface area contributed by atoms with Crippen LogP contribution in [0, 0.1) is 0 Å². The fraction of sp³-hybridized carbons (Fsp3) is 0.500. The first-order valence-electron chi connectivity index (χ1n) is 4.77. The molecule has 14 heavy (non-hydrogen) atoms. The zero-order chi connectivity index (χ0) is 10.9. The highest BCUT2D eigenvalue weighted by Gasteiger charge is 2.20. The Balaban J connectivity index is 3.28. The minimum atomic E-state index is -0.924. The lowest BCUT2D eigenvalue weighted by Crippen LogP contribution is -2.12. The van der Waals surface area contributed by atoms with E-state index in [1.54, 1.807) is 6.92 Å². The van der Waals surface area contributed by atoms with Crippen molar-refractivity contribution in [2.75, 3.05) is 0 Å². The van der Waals surface area contributed by atoms with E-state index < -0.39 is 6.17 Å². The number of alkyl halides is 1. The topological polar surface area (TPSA) is 0 Å². The van der Waals surface area contributed by atoms with E-state index in [1.165, 1.54) is 0 Å². The molecular weight excluding hydrogens is 243 g/mol. The third-order valence-corrected chi connectivity index (χ3v) is 3.15. The predicted molar refractivity (Wildman–Crippen MR) is 62.4 cm³/mol. The second kappa shape index (κ2) is 4.01. The van der Waals surface area contributed by atoms with Crippen LogP contribution in [0.15, 0.2) is 22.7 Å². The molecule has 1 unspecified atom stereocenters. The highest BCUT2D eigenvalue weighted by Crippen LogP contribution is 2.35. The lowest BCUT2D eigenvalue weighted by atomic mass is 9.86. The van der Waals surface area contributed by atoms with Crippen LogP contribution in [-0.2, 0) is 5.41 Å². The molecular formula is C12H16BrF. The molecule has 0 aliphatic carbocycles. The number of hydrogen-bond donors (Lipinski definition) is 0. The van der Waals surface area contributed by atoms with Crippen molar-refractivity contribution in [2.45, 2.75) is 39.3 Å². The van der Waals surface area contributed by atoms with E-state index in [1.807, 2.05) is 18.2 Å². The smallest absolute Gasteiger partial charge is 0.123 e. The van der Waals surface area contributed by atoms with Gasteiger partial charge in [-0.25, -0.2) is 4.39 Å². The van der Waals surface area contributed by atoms with Gasteiger partial charge in [0.25, 0.3) is 0 Å². The zero-order valence-corrected chi connectivity index (χ0v) is 10.7. The summed E-state index contributed by atoms with van der Waals surface area (Å²) in [6.45, 7) is 7.94. The molecule has 0 heterocycles. The number of benzene rings is 1. The highest BCUT2D eigenvalue weighted by molar-refractivity contribution is 9.10. The number of rotatable bonds is 1. The Bertz CT molecular complexity index is 324. The standard InChI is InChI=1S/C12H16BrF/c1-8(14)9-6-5-7-10(11(9)13)12(2,3)4/h5-8H,1-4H3. The van der Waals surface area contributed by atoms with Crippen molar-refractivity contribution in [1.82, 2.24) is 0 Å². The molecule has 2 heteroatoms. The third-order valence-electron chi connectivity index (χ3n) is 2.27. The molecule has 0 N–H and O–H groups in total. The Kier molecular flexibility index (Phi) is 3.36. The van der Waals surface area contributed by atoms with Gasteiger partial charge in [0.2, 0.25) is 0 Å². The minimum Gasteiger partial charge on any atom is -0.243 e. The van der Waals surface area contributed by atoms with E-state index in [0.717, 1.165) is 15.6 Å². The number of hydrogen-bond acceptors (Lipinski definition) is 0. The van der Waals surface area contributed by atoms with Gasteiger partial charge in [0.15, 0.2) is 0 Å². The van der Waals surface area contributed by atoms with Crippen molar-refractivity contribution in [1.29, 1.82) is 0 Å². The van der Waals surface area contributed by atoms with Crippen LogP contribution in [0.2, 0.25) is 0 Å². The molecule has 0 nitrogen and oxygen atoms in total. The molecule has 1 rings (SSSR count). The summed E-state index contributed by atoms with van der Waals surface area (Å²) in [5.74, 6) is 0. The lowest BCUT2D eigenvalue weighted by Gasteiger charge is -2.22. The molecule has 0 bridgehead atoms. The van der Waals surface area contributed by atoms with Crippen molar-refractivity contribution >= 4 is 15.9 Å². The maximum absolute atomic E-state index is 13.2. The molecule has 0 amide bonds. The highest BCUT2D eigenvalue weighted by atomic mass is 79.9. The van der Waals surface area contributed by atoms with E-state index in [0.29, 0.717) is 0 Å². The van der Waals surface area contributed by atoms with Crippen LogP contribution in [0.5, 0.6) is 0 Å². The largest absolute Gasteiger partial charge is 0.243 e. The first-order valence-corrected chi connectivity index (χ1v) is 5.56. The Hall–Kier alpha value is -0.370. The molecule has 0 aliphatic heterocycles. The van der Waals surface area contributed by atoms with Gasteiger partial charge in [0.05, 0.1) is 0 Å². The quantitative estimate of drug-likeness (QED) is 0.681. The van der Waals surface area contributed by atoms with E-state index in [9.17, 15) is 4.39 Å². The molecule has 1 aromatic carbocycles. The van der Waals surface area contributed by atoms with Gasteiger partial charge in [-0.05, 0) is 17.9 Å². The van der Waals surface area contributed by atoms with E-state index in [4.69, 9.17) is 0 Å². The maximum Gasteiger partial charge on any atom is 0.123 e. The van der Waals surface area contributed by atoms with Gasteiger partial charge in [-0.15, -0.1) is 0 Å². The normalized spacial score (nSPS) is 14.1. The monoisotopic (exact) mass is 258 g/mol. The molecule has 0 radical (unpaired) electrons. The summed E-state index contributed by atoms with van der Waals surface area (Å²) < 4.78 is 14.1. The Morgan fingerprint density at radius 3 is 2.29 bits per heavy atom. The fourth-order valence-electron chi connectivity index (χ4n) is 1.44.